The zero-order valence-electron chi connectivity index (χ0n) is 11.0. The van der Waals surface area contributed by atoms with Crippen LogP contribution in [-0.2, 0) is 0 Å². The minimum Gasteiger partial charge on any atom is -0.393 e. The Morgan fingerprint density at radius 2 is 2.12 bits per heavy atom. The van der Waals surface area contributed by atoms with Gasteiger partial charge in [0.2, 0.25) is 0 Å². The summed E-state index contributed by atoms with van der Waals surface area (Å²) in [6.07, 6.45) is 8.55. The largest absolute Gasteiger partial charge is 0.393 e. The quantitative estimate of drug-likeness (QED) is 0.668. The van der Waals surface area contributed by atoms with Gasteiger partial charge in [0.1, 0.15) is 0 Å². The van der Waals surface area contributed by atoms with Crippen LogP contribution < -0.4 is 5.32 Å². The van der Waals surface area contributed by atoms with E-state index in [9.17, 15) is 5.11 Å². The second-order valence-corrected chi connectivity index (χ2v) is 5.41. The monoisotopic (exact) mass is 227 g/mol. The fourth-order valence-electron chi connectivity index (χ4n) is 2.67. The molecular formula is C14H29NO. The fourth-order valence-corrected chi connectivity index (χ4v) is 2.67. The molecule has 0 aromatic carbocycles. The number of aliphatic hydroxyl groups excluding tert-OH is 1. The van der Waals surface area contributed by atoms with Crippen molar-refractivity contribution in [3.05, 3.63) is 0 Å². The lowest BCUT2D eigenvalue weighted by atomic mass is 9.99. The van der Waals surface area contributed by atoms with Crippen molar-refractivity contribution < 1.29 is 5.11 Å². The highest BCUT2D eigenvalue weighted by molar-refractivity contribution is 4.76. The summed E-state index contributed by atoms with van der Waals surface area (Å²) in [4.78, 5) is 0. The molecule has 1 aliphatic rings. The SMILES string of the molecule is CCCCC(CC)CNCC1CCC(O)C1. The summed E-state index contributed by atoms with van der Waals surface area (Å²) in [7, 11) is 0. The molecule has 0 bridgehead atoms. The van der Waals surface area contributed by atoms with Crippen LogP contribution in [0, 0.1) is 11.8 Å². The Kier molecular flexibility index (Phi) is 7.06. The van der Waals surface area contributed by atoms with Gasteiger partial charge in [-0.1, -0.05) is 33.1 Å². The van der Waals surface area contributed by atoms with Crippen molar-refractivity contribution in [3.8, 4) is 0 Å². The maximum absolute atomic E-state index is 9.44. The van der Waals surface area contributed by atoms with Gasteiger partial charge < -0.3 is 10.4 Å². The zero-order chi connectivity index (χ0) is 11.8. The molecule has 1 fully saturated rings. The summed E-state index contributed by atoms with van der Waals surface area (Å²) in [6, 6.07) is 0. The third kappa shape index (κ3) is 5.31. The van der Waals surface area contributed by atoms with E-state index in [1.54, 1.807) is 0 Å². The maximum atomic E-state index is 9.44. The summed E-state index contributed by atoms with van der Waals surface area (Å²) < 4.78 is 0. The molecule has 2 heteroatoms. The van der Waals surface area contributed by atoms with E-state index in [-0.39, 0.29) is 6.10 Å². The fraction of sp³-hybridized carbons (Fsp3) is 1.00. The first-order chi connectivity index (χ1) is 7.76. The second kappa shape index (κ2) is 8.08. The second-order valence-electron chi connectivity index (χ2n) is 5.41. The molecule has 0 amide bonds. The van der Waals surface area contributed by atoms with Crippen LogP contribution in [0.2, 0.25) is 0 Å². The molecule has 3 atom stereocenters. The highest BCUT2D eigenvalue weighted by Gasteiger charge is 2.22. The molecule has 96 valence electrons. The first-order valence-electron chi connectivity index (χ1n) is 7.15. The summed E-state index contributed by atoms with van der Waals surface area (Å²) in [6.45, 7) is 6.84. The molecule has 2 N–H and O–H groups in total. The molecule has 1 saturated carbocycles. The lowest BCUT2D eigenvalue weighted by Crippen LogP contribution is -2.27. The smallest absolute Gasteiger partial charge is 0.0543 e. The molecule has 3 unspecified atom stereocenters. The molecule has 1 aliphatic carbocycles. The van der Waals surface area contributed by atoms with Gasteiger partial charge in [-0.25, -0.2) is 0 Å². The standard InChI is InChI=1S/C14H29NO/c1-3-5-6-12(4-2)10-15-11-13-7-8-14(16)9-13/h12-16H,3-11H2,1-2H3. The Morgan fingerprint density at radius 1 is 1.31 bits per heavy atom. The van der Waals surface area contributed by atoms with Gasteiger partial charge in [-0.2, -0.15) is 0 Å². The Morgan fingerprint density at radius 3 is 2.69 bits per heavy atom. The van der Waals surface area contributed by atoms with E-state index in [1.165, 1.54) is 38.6 Å². The molecule has 0 spiro atoms. The summed E-state index contributed by atoms with van der Waals surface area (Å²) >= 11 is 0. The van der Waals surface area contributed by atoms with Gasteiger partial charge in [0.15, 0.2) is 0 Å². The van der Waals surface area contributed by atoms with E-state index in [1.807, 2.05) is 0 Å². The highest BCUT2D eigenvalue weighted by atomic mass is 16.3. The normalized spacial score (nSPS) is 27.2. The Labute approximate surface area is 101 Å². The van der Waals surface area contributed by atoms with Crippen LogP contribution >= 0.6 is 0 Å². The Balaban J connectivity index is 2.04. The predicted octanol–water partition coefficient (Wildman–Crippen LogP) is 2.95. The van der Waals surface area contributed by atoms with Crippen LogP contribution in [0.25, 0.3) is 0 Å². The predicted molar refractivity (Wildman–Crippen MR) is 69.5 cm³/mol. The minimum absolute atomic E-state index is 0.0196. The van der Waals surface area contributed by atoms with Crippen LogP contribution in [0.5, 0.6) is 0 Å². The number of unbranched alkanes of at least 4 members (excludes halogenated alkanes) is 1. The number of aliphatic hydroxyl groups is 1. The number of rotatable bonds is 8. The van der Waals surface area contributed by atoms with Gasteiger partial charge in [0.05, 0.1) is 6.10 Å². The first-order valence-corrected chi connectivity index (χ1v) is 7.15. The van der Waals surface area contributed by atoms with Crippen molar-refractivity contribution in [1.29, 1.82) is 0 Å². The van der Waals surface area contributed by atoms with Gasteiger partial charge in [0, 0.05) is 0 Å². The summed E-state index contributed by atoms with van der Waals surface area (Å²) in [5.74, 6) is 1.57. The average molecular weight is 227 g/mol. The van der Waals surface area contributed by atoms with Crippen LogP contribution in [-0.4, -0.2) is 24.3 Å². The van der Waals surface area contributed by atoms with Crippen molar-refractivity contribution in [2.24, 2.45) is 11.8 Å². The van der Waals surface area contributed by atoms with E-state index in [2.05, 4.69) is 19.2 Å². The van der Waals surface area contributed by atoms with Crippen LogP contribution in [0.1, 0.15) is 58.8 Å². The van der Waals surface area contributed by atoms with Crippen LogP contribution in [0.3, 0.4) is 0 Å². The Bertz CT molecular complexity index is 172. The molecule has 0 aliphatic heterocycles. The molecule has 0 aromatic heterocycles. The van der Waals surface area contributed by atoms with Gasteiger partial charge in [-0.15, -0.1) is 0 Å². The number of hydrogen-bond donors (Lipinski definition) is 2. The van der Waals surface area contributed by atoms with Gasteiger partial charge in [-0.05, 0) is 50.6 Å². The molecule has 0 heterocycles. The Hall–Kier alpha value is -0.0800. The van der Waals surface area contributed by atoms with Crippen LogP contribution in [0.15, 0.2) is 0 Å². The van der Waals surface area contributed by atoms with E-state index >= 15 is 0 Å². The van der Waals surface area contributed by atoms with Gasteiger partial charge in [0.25, 0.3) is 0 Å². The third-order valence-corrected chi connectivity index (χ3v) is 3.92. The third-order valence-electron chi connectivity index (χ3n) is 3.92. The summed E-state index contributed by atoms with van der Waals surface area (Å²) in [5, 5.41) is 13.0. The molecular weight excluding hydrogens is 198 g/mol. The molecule has 0 radical (unpaired) electrons. The van der Waals surface area contributed by atoms with Crippen molar-refractivity contribution in [1.82, 2.24) is 5.32 Å². The van der Waals surface area contributed by atoms with E-state index in [4.69, 9.17) is 0 Å². The van der Waals surface area contributed by atoms with Crippen molar-refractivity contribution in [3.63, 3.8) is 0 Å². The molecule has 1 rings (SSSR count). The minimum atomic E-state index is -0.0196. The average Bonchev–Trinajstić information content (AvgIpc) is 2.69. The highest BCUT2D eigenvalue weighted by Crippen LogP contribution is 2.24. The van der Waals surface area contributed by atoms with E-state index in [0.717, 1.165) is 31.2 Å². The van der Waals surface area contributed by atoms with Gasteiger partial charge >= 0.3 is 0 Å². The lowest BCUT2D eigenvalue weighted by molar-refractivity contribution is 0.177. The van der Waals surface area contributed by atoms with E-state index < -0.39 is 0 Å². The number of hydrogen-bond acceptors (Lipinski definition) is 2. The molecule has 16 heavy (non-hydrogen) atoms. The van der Waals surface area contributed by atoms with Crippen LogP contribution in [0.4, 0.5) is 0 Å². The molecule has 0 saturated heterocycles. The first kappa shape index (κ1) is 14.0. The topological polar surface area (TPSA) is 32.3 Å². The van der Waals surface area contributed by atoms with Crippen molar-refractivity contribution in [2.45, 2.75) is 64.9 Å². The summed E-state index contributed by atoms with van der Waals surface area (Å²) in [5.41, 5.74) is 0. The zero-order valence-corrected chi connectivity index (χ0v) is 11.0. The molecule has 2 nitrogen and oxygen atoms in total. The lowest BCUT2D eigenvalue weighted by Gasteiger charge is -2.17. The van der Waals surface area contributed by atoms with E-state index in [0.29, 0.717) is 0 Å². The van der Waals surface area contributed by atoms with Gasteiger partial charge in [-0.3, -0.25) is 0 Å². The number of nitrogens with one attached hydrogen (secondary N) is 1. The maximum Gasteiger partial charge on any atom is 0.0543 e. The van der Waals surface area contributed by atoms with Crippen molar-refractivity contribution >= 4 is 0 Å². The van der Waals surface area contributed by atoms with Crippen molar-refractivity contribution in [2.75, 3.05) is 13.1 Å². The molecule has 0 aromatic rings.